The third-order valence-corrected chi connectivity index (χ3v) is 4.58. The van der Waals surface area contributed by atoms with E-state index in [4.69, 9.17) is 5.73 Å². The van der Waals surface area contributed by atoms with Gasteiger partial charge in [0.1, 0.15) is 5.82 Å². The van der Waals surface area contributed by atoms with Crippen LogP contribution in [0.15, 0.2) is 48.5 Å². The fourth-order valence-electron chi connectivity index (χ4n) is 2.98. The van der Waals surface area contributed by atoms with Crippen molar-refractivity contribution in [2.45, 2.75) is 19.8 Å². The summed E-state index contributed by atoms with van der Waals surface area (Å²) in [5.41, 5.74) is 12.6. The molecule has 1 unspecified atom stereocenters. The Morgan fingerprint density at radius 1 is 1.04 bits per heavy atom. The van der Waals surface area contributed by atoms with Gasteiger partial charge in [-0.15, -0.1) is 0 Å². The number of nitrogens with zero attached hydrogens (tertiary/aromatic N) is 2. The van der Waals surface area contributed by atoms with Gasteiger partial charge in [-0.1, -0.05) is 18.2 Å². The average molecular weight is 323 g/mol. The van der Waals surface area contributed by atoms with Crippen molar-refractivity contribution in [3.05, 3.63) is 76.7 Å². The molecule has 2 N–H and O–H groups in total. The highest BCUT2D eigenvalue weighted by Crippen LogP contribution is 2.28. The molecule has 0 aliphatic heterocycles. The molecule has 0 amide bonds. The minimum absolute atomic E-state index is 0.0796. The van der Waals surface area contributed by atoms with Gasteiger partial charge < -0.3 is 5.73 Å². The van der Waals surface area contributed by atoms with E-state index in [1.54, 1.807) is 12.1 Å². The monoisotopic (exact) mass is 323 g/mol. The van der Waals surface area contributed by atoms with E-state index in [0.717, 1.165) is 17.0 Å². The Kier molecular flexibility index (Phi) is 4.49. The van der Waals surface area contributed by atoms with E-state index in [-0.39, 0.29) is 11.7 Å². The second kappa shape index (κ2) is 6.57. The lowest BCUT2D eigenvalue weighted by atomic mass is 9.92. The summed E-state index contributed by atoms with van der Waals surface area (Å²) in [6.45, 7) is 4.72. The lowest BCUT2D eigenvalue weighted by Gasteiger charge is -2.17. The van der Waals surface area contributed by atoms with Gasteiger partial charge in [-0.25, -0.2) is 4.39 Å². The second-order valence-corrected chi connectivity index (χ2v) is 6.22. The van der Waals surface area contributed by atoms with Crippen LogP contribution in [0.3, 0.4) is 0 Å². The van der Waals surface area contributed by atoms with E-state index in [1.807, 2.05) is 17.8 Å². The van der Waals surface area contributed by atoms with Gasteiger partial charge in [-0.3, -0.25) is 4.68 Å². The number of aryl methyl sites for hydroxylation is 3. The van der Waals surface area contributed by atoms with Gasteiger partial charge in [0.15, 0.2) is 0 Å². The third-order valence-electron chi connectivity index (χ3n) is 4.58. The molecule has 0 bridgehead atoms. The van der Waals surface area contributed by atoms with E-state index in [2.05, 4.69) is 37.1 Å². The van der Waals surface area contributed by atoms with Crippen LogP contribution in [-0.2, 0) is 7.05 Å². The zero-order chi connectivity index (χ0) is 17.3. The maximum absolute atomic E-state index is 13.1. The van der Waals surface area contributed by atoms with Crippen LogP contribution in [-0.4, -0.2) is 16.3 Å². The molecule has 0 saturated heterocycles. The summed E-state index contributed by atoms with van der Waals surface area (Å²) in [6, 6.07) is 14.9. The lowest BCUT2D eigenvalue weighted by molar-refractivity contribution is 0.628. The Balaban J connectivity index is 2.00. The summed E-state index contributed by atoms with van der Waals surface area (Å²) in [6.07, 6.45) is 0. The van der Waals surface area contributed by atoms with Crippen LogP contribution >= 0.6 is 0 Å². The van der Waals surface area contributed by atoms with Crippen molar-refractivity contribution in [2.75, 3.05) is 6.54 Å². The van der Waals surface area contributed by atoms with Crippen molar-refractivity contribution in [2.24, 2.45) is 12.8 Å². The molecule has 24 heavy (non-hydrogen) atoms. The highest BCUT2D eigenvalue weighted by molar-refractivity contribution is 5.60. The van der Waals surface area contributed by atoms with Gasteiger partial charge in [-0.05, 0) is 60.9 Å². The zero-order valence-electron chi connectivity index (χ0n) is 14.3. The van der Waals surface area contributed by atoms with Gasteiger partial charge in [0.2, 0.25) is 0 Å². The minimum Gasteiger partial charge on any atom is -0.329 e. The molecule has 1 aromatic heterocycles. The van der Waals surface area contributed by atoms with Crippen LogP contribution in [0.1, 0.15) is 28.3 Å². The van der Waals surface area contributed by atoms with Gasteiger partial charge in [-0.2, -0.15) is 5.10 Å². The zero-order valence-corrected chi connectivity index (χ0v) is 14.3. The third kappa shape index (κ3) is 3.10. The summed E-state index contributed by atoms with van der Waals surface area (Å²) >= 11 is 0. The topological polar surface area (TPSA) is 43.8 Å². The quantitative estimate of drug-likeness (QED) is 0.790. The summed E-state index contributed by atoms with van der Waals surface area (Å²) < 4.78 is 15.0. The Morgan fingerprint density at radius 3 is 2.38 bits per heavy atom. The van der Waals surface area contributed by atoms with Crippen molar-refractivity contribution in [1.29, 1.82) is 0 Å². The van der Waals surface area contributed by atoms with E-state index in [1.165, 1.54) is 28.8 Å². The summed E-state index contributed by atoms with van der Waals surface area (Å²) in [4.78, 5) is 0. The highest BCUT2D eigenvalue weighted by atomic mass is 19.1. The predicted octanol–water partition coefficient (Wildman–Crippen LogP) is 3.93. The standard InChI is InChI=1S/C20H22FN3/c1-13-4-5-16(10-14(13)2)18(12-22)20-11-19(23-24(20)3)15-6-8-17(21)9-7-15/h4-11,18H,12,22H2,1-3H3. The maximum atomic E-state index is 13.1. The fourth-order valence-corrected chi connectivity index (χ4v) is 2.98. The number of nitrogens with two attached hydrogens (primary N) is 1. The van der Waals surface area contributed by atoms with Crippen LogP contribution < -0.4 is 5.73 Å². The van der Waals surface area contributed by atoms with E-state index < -0.39 is 0 Å². The molecule has 3 nitrogen and oxygen atoms in total. The molecule has 4 heteroatoms. The Hall–Kier alpha value is -2.46. The van der Waals surface area contributed by atoms with E-state index >= 15 is 0 Å². The van der Waals surface area contributed by atoms with E-state index in [9.17, 15) is 4.39 Å². The van der Waals surface area contributed by atoms with Crippen LogP contribution in [0.5, 0.6) is 0 Å². The molecule has 0 fully saturated rings. The van der Waals surface area contributed by atoms with Crippen LogP contribution in [0.2, 0.25) is 0 Å². The van der Waals surface area contributed by atoms with Crippen molar-refractivity contribution in [3.63, 3.8) is 0 Å². The molecule has 0 spiro atoms. The molecule has 0 aliphatic rings. The first kappa shape index (κ1) is 16.4. The molecule has 1 atom stereocenters. The first-order chi connectivity index (χ1) is 11.5. The van der Waals surface area contributed by atoms with Gasteiger partial charge in [0, 0.05) is 30.8 Å². The molecule has 0 radical (unpaired) electrons. The number of halogens is 1. The first-order valence-corrected chi connectivity index (χ1v) is 8.06. The van der Waals surface area contributed by atoms with Gasteiger partial charge in [0.25, 0.3) is 0 Å². The van der Waals surface area contributed by atoms with Crippen molar-refractivity contribution < 1.29 is 4.39 Å². The van der Waals surface area contributed by atoms with E-state index in [0.29, 0.717) is 6.54 Å². The molecule has 2 aromatic carbocycles. The maximum Gasteiger partial charge on any atom is 0.123 e. The normalized spacial score (nSPS) is 12.4. The molecular weight excluding hydrogens is 301 g/mol. The highest BCUT2D eigenvalue weighted by Gasteiger charge is 2.19. The van der Waals surface area contributed by atoms with Gasteiger partial charge in [0.05, 0.1) is 5.69 Å². The summed E-state index contributed by atoms with van der Waals surface area (Å²) in [7, 11) is 1.92. The molecule has 124 valence electrons. The number of aromatic nitrogens is 2. The molecule has 1 heterocycles. The lowest BCUT2D eigenvalue weighted by Crippen LogP contribution is -2.17. The van der Waals surface area contributed by atoms with Crippen molar-refractivity contribution in [1.82, 2.24) is 9.78 Å². The minimum atomic E-state index is -0.245. The number of hydrogen-bond acceptors (Lipinski definition) is 2. The van der Waals surface area contributed by atoms with Crippen molar-refractivity contribution in [3.8, 4) is 11.3 Å². The number of benzene rings is 2. The van der Waals surface area contributed by atoms with Crippen molar-refractivity contribution >= 4 is 0 Å². The Morgan fingerprint density at radius 2 is 1.75 bits per heavy atom. The SMILES string of the molecule is Cc1ccc(C(CN)c2cc(-c3ccc(F)cc3)nn2C)cc1C. The average Bonchev–Trinajstić information content (AvgIpc) is 2.94. The molecule has 0 saturated carbocycles. The Labute approximate surface area is 141 Å². The molecule has 3 rings (SSSR count). The first-order valence-electron chi connectivity index (χ1n) is 8.06. The second-order valence-electron chi connectivity index (χ2n) is 6.22. The molecule has 0 aliphatic carbocycles. The Bertz CT molecular complexity index is 850. The van der Waals surface area contributed by atoms with Crippen LogP contribution in [0, 0.1) is 19.7 Å². The van der Waals surface area contributed by atoms with Crippen LogP contribution in [0.25, 0.3) is 11.3 Å². The van der Waals surface area contributed by atoms with Crippen LogP contribution in [0.4, 0.5) is 4.39 Å². The molecule has 3 aromatic rings. The smallest absolute Gasteiger partial charge is 0.123 e. The largest absolute Gasteiger partial charge is 0.329 e. The number of rotatable bonds is 4. The summed E-state index contributed by atoms with van der Waals surface area (Å²) in [5, 5.41) is 4.58. The number of hydrogen-bond donors (Lipinski definition) is 1. The van der Waals surface area contributed by atoms with Gasteiger partial charge >= 0.3 is 0 Å². The predicted molar refractivity (Wildman–Crippen MR) is 95.4 cm³/mol. The molecular formula is C20H22FN3. The fraction of sp³-hybridized carbons (Fsp3) is 0.250. The summed E-state index contributed by atoms with van der Waals surface area (Å²) in [5.74, 6) is -0.166.